The number of thiazole rings is 1. The summed E-state index contributed by atoms with van der Waals surface area (Å²) in [5, 5.41) is 3.32. The number of nitrogen functional groups attached to an aromatic ring is 1. The smallest absolute Gasteiger partial charge is 0.106 e. The third kappa shape index (κ3) is 2.02. The fraction of sp³-hybridized carbons (Fsp3) is 0.167. The van der Waals surface area contributed by atoms with Crippen molar-refractivity contribution in [3.05, 3.63) is 35.9 Å². The summed E-state index contributed by atoms with van der Waals surface area (Å²) in [4.78, 5) is 11.3. The van der Waals surface area contributed by atoms with Gasteiger partial charge in [0.1, 0.15) is 5.52 Å². The number of hydrogen-bond donors (Lipinski definition) is 3. The van der Waals surface area contributed by atoms with E-state index in [1.54, 1.807) is 17.7 Å². The van der Waals surface area contributed by atoms with E-state index in [4.69, 9.17) is 5.73 Å². The van der Waals surface area contributed by atoms with E-state index in [1.807, 2.05) is 23.8 Å². The number of aromatic nitrogens is 3. The van der Waals surface area contributed by atoms with Crippen LogP contribution in [0.15, 0.2) is 30.2 Å². The highest BCUT2D eigenvalue weighted by Crippen LogP contribution is 2.29. The third-order valence-electron chi connectivity index (χ3n) is 2.81. The fourth-order valence-corrected chi connectivity index (χ4v) is 2.55. The summed E-state index contributed by atoms with van der Waals surface area (Å²) in [6.45, 7) is 0.808. The Morgan fingerprint density at radius 2 is 2.33 bits per heavy atom. The molecule has 0 radical (unpaired) electrons. The number of imidazole rings is 1. The molecule has 0 bridgehead atoms. The van der Waals surface area contributed by atoms with Gasteiger partial charge < -0.3 is 16.0 Å². The second-order valence-corrected chi connectivity index (χ2v) is 4.87. The lowest BCUT2D eigenvalue weighted by atomic mass is 10.2. The molecule has 1 aromatic carbocycles. The number of fused-ring (bicyclic) bond motifs is 1. The average molecular weight is 259 g/mol. The molecule has 0 aliphatic rings. The van der Waals surface area contributed by atoms with Crippen molar-refractivity contribution in [2.75, 3.05) is 17.6 Å². The Morgan fingerprint density at radius 3 is 3.17 bits per heavy atom. The van der Waals surface area contributed by atoms with Crippen LogP contribution in [0, 0.1) is 0 Å². The average Bonchev–Trinajstić information content (AvgIpc) is 3.02. The molecule has 0 saturated heterocycles. The molecule has 0 spiro atoms. The van der Waals surface area contributed by atoms with E-state index in [2.05, 4.69) is 20.3 Å². The molecule has 5 nitrogen and oxygen atoms in total. The SMILES string of the molecule is Nc1c(NCCc2cnc[nH]2)ccc2scnc12. The van der Waals surface area contributed by atoms with E-state index in [0.29, 0.717) is 0 Å². The van der Waals surface area contributed by atoms with Crippen LogP contribution in [0.2, 0.25) is 0 Å². The van der Waals surface area contributed by atoms with Crippen molar-refractivity contribution in [2.24, 2.45) is 0 Å². The van der Waals surface area contributed by atoms with Crippen LogP contribution in [0.5, 0.6) is 0 Å². The summed E-state index contributed by atoms with van der Waals surface area (Å²) >= 11 is 1.60. The highest BCUT2D eigenvalue weighted by molar-refractivity contribution is 7.16. The minimum absolute atomic E-state index is 0.721. The molecule has 2 heterocycles. The van der Waals surface area contributed by atoms with Gasteiger partial charge in [-0.15, -0.1) is 11.3 Å². The van der Waals surface area contributed by atoms with E-state index in [-0.39, 0.29) is 0 Å². The van der Waals surface area contributed by atoms with Crippen molar-refractivity contribution in [3.63, 3.8) is 0 Å². The van der Waals surface area contributed by atoms with Gasteiger partial charge in [-0.2, -0.15) is 0 Å². The van der Waals surface area contributed by atoms with Gasteiger partial charge in [-0.25, -0.2) is 9.97 Å². The standard InChI is InChI=1S/C12H13N5S/c13-11-9(1-2-10-12(11)17-7-18-10)15-4-3-8-5-14-6-16-8/h1-2,5-7,15H,3-4,13H2,(H,14,16). The lowest BCUT2D eigenvalue weighted by Gasteiger charge is -2.08. The van der Waals surface area contributed by atoms with Crippen LogP contribution in [0.1, 0.15) is 5.69 Å². The second-order valence-electron chi connectivity index (χ2n) is 3.98. The molecule has 2 aromatic heterocycles. The van der Waals surface area contributed by atoms with Crippen molar-refractivity contribution >= 4 is 32.9 Å². The van der Waals surface area contributed by atoms with Gasteiger partial charge in [0.25, 0.3) is 0 Å². The van der Waals surface area contributed by atoms with Crippen molar-refractivity contribution < 1.29 is 0 Å². The van der Waals surface area contributed by atoms with Crippen LogP contribution in [-0.2, 0) is 6.42 Å². The van der Waals surface area contributed by atoms with Crippen molar-refractivity contribution in [3.8, 4) is 0 Å². The van der Waals surface area contributed by atoms with Gasteiger partial charge in [0, 0.05) is 24.9 Å². The molecule has 0 aliphatic carbocycles. The van der Waals surface area contributed by atoms with E-state index < -0.39 is 0 Å². The summed E-state index contributed by atoms with van der Waals surface area (Å²) in [6, 6.07) is 4.05. The predicted octanol–water partition coefficient (Wildman–Crippen LogP) is 2.26. The van der Waals surface area contributed by atoms with Gasteiger partial charge in [0.15, 0.2) is 0 Å². The number of nitrogens with two attached hydrogens (primary N) is 1. The van der Waals surface area contributed by atoms with Gasteiger partial charge >= 0.3 is 0 Å². The van der Waals surface area contributed by atoms with E-state index in [9.17, 15) is 0 Å². The lowest BCUT2D eigenvalue weighted by molar-refractivity contribution is 0.978. The quantitative estimate of drug-likeness (QED) is 0.628. The molecule has 0 atom stereocenters. The molecule has 3 rings (SSSR count). The molecule has 0 saturated carbocycles. The number of hydrogen-bond acceptors (Lipinski definition) is 5. The summed E-state index contributed by atoms with van der Waals surface area (Å²) in [5.74, 6) is 0. The minimum atomic E-state index is 0.721. The van der Waals surface area contributed by atoms with Gasteiger partial charge in [-0.05, 0) is 12.1 Å². The molecule has 92 valence electrons. The van der Waals surface area contributed by atoms with Crippen LogP contribution in [0.3, 0.4) is 0 Å². The van der Waals surface area contributed by atoms with Crippen LogP contribution < -0.4 is 11.1 Å². The first kappa shape index (κ1) is 11.0. The zero-order valence-electron chi connectivity index (χ0n) is 9.68. The van der Waals surface area contributed by atoms with E-state index in [1.165, 1.54) is 0 Å². The number of rotatable bonds is 4. The molecule has 3 aromatic rings. The Balaban J connectivity index is 1.72. The Bertz CT molecular complexity index is 644. The van der Waals surface area contributed by atoms with Crippen LogP contribution in [0.25, 0.3) is 10.2 Å². The first-order chi connectivity index (χ1) is 8.84. The Kier molecular flexibility index (Phi) is 2.85. The molecule has 4 N–H and O–H groups in total. The number of anilines is 2. The van der Waals surface area contributed by atoms with Gasteiger partial charge in [0.2, 0.25) is 0 Å². The first-order valence-electron chi connectivity index (χ1n) is 5.67. The molecule has 0 aliphatic heterocycles. The molecular weight excluding hydrogens is 246 g/mol. The Morgan fingerprint density at radius 1 is 1.39 bits per heavy atom. The van der Waals surface area contributed by atoms with Crippen molar-refractivity contribution in [2.45, 2.75) is 6.42 Å². The van der Waals surface area contributed by atoms with Crippen molar-refractivity contribution in [1.82, 2.24) is 15.0 Å². The maximum Gasteiger partial charge on any atom is 0.106 e. The highest BCUT2D eigenvalue weighted by Gasteiger charge is 2.06. The number of nitrogens with zero attached hydrogens (tertiary/aromatic N) is 2. The van der Waals surface area contributed by atoms with E-state index >= 15 is 0 Å². The molecule has 6 heteroatoms. The highest BCUT2D eigenvalue weighted by atomic mass is 32.1. The maximum atomic E-state index is 6.08. The molecule has 0 amide bonds. The molecular formula is C12H13N5S. The molecule has 0 fully saturated rings. The molecule has 0 unspecified atom stereocenters. The summed E-state index contributed by atoms with van der Waals surface area (Å²) in [5.41, 5.74) is 11.5. The molecule has 18 heavy (non-hydrogen) atoms. The Labute approximate surface area is 108 Å². The summed E-state index contributed by atoms with van der Waals surface area (Å²) in [7, 11) is 0. The van der Waals surface area contributed by atoms with Crippen LogP contribution in [0.4, 0.5) is 11.4 Å². The van der Waals surface area contributed by atoms with Crippen molar-refractivity contribution in [1.29, 1.82) is 0 Å². The number of benzene rings is 1. The summed E-state index contributed by atoms with van der Waals surface area (Å²) < 4.78 is 1.12. The largest absolute Gasteiger partial charge is 0.395 e. The van der Waals surface area contributed by atoms with Crippen LogP contribution >= 0.6 is 11.3 Å². The number of aromatic amines is 1. The van der Waals surface area contributed by atoms with E-state index in [0.717, 1.165) is 40.3 Å². The zero-order chi connectivity index (χ0) is 12.4. The second kappa shape index (κ2) is 4.66. The van der Waals surface area contributed by atoms with Gasteiger partial charge in [0.05, 0.1) is 27.9 Å². The number of nitrogens with one attached hydrogen (secondary N) is 2. The van der Waals surface area contributed by atoms with Gasteiger partial charge in [-0.3, -0.25) is 0 Å². The first-order valence-corrected chi connectivity index (χ1v) is 6.55. The van der Waals surface area contributed by atoms with Gasteiger partial charge in [-0.1, -0.05) is 0 Å². The predicted molar refractivity (Wildman–Crippen MR) is 74.8 cm³/mol. The summed E-state index contributed by atoms with van der Waals surface area (Å²) in [6.07, 6.45) is 4.40. The fourth-order valence-electron chi connectivity index (χ4n) is 1.86. The normalized spacial score (nSPS) is 10.9. The lowest BCUT2D eigenvalue weighted by Crippen LogP contribution is -2.07. The van der Waals surface area contributed by atoms with Crippen LogP contribution in [-0.4, -0.2) is 21.5 Å². The monoisotopic (exact) mass is 259 g/mol. The third-order valence-corrected chi connectivity index (χ3v) is 3.60. The maximum absolute atomic E-state index is 6.08. The zero-order valence-corrected chi connectivity index (χ0v) is 10.5. The Hall–Kier alpha value is -2.08. The topological polar surface area (TPSA) is 79.6 Å². The minimum Gasteiger partial charge on any atom is -0.395 e. The number of H-pyrrole nitrogens is 1.